The summed E-state index contributed by atoms with van der Waals surface area (Å²) in [5.74, 6) is -2.33. The number of nitrogens with one attached hydrogen (secondary N) is 2. The number of benzene rings is 2. The highest BCUT2D eigenvalue weighted by Gasteiger charge is 2.36. The molecule has 1 saturated carbocycles. The number of hydroxylamine groups is 1. The van der Waals surface area contributed by atoms with Crippen molar-refractivity contribution in [2.24, 2.45) is 5.92 Å². The molecule has 2 amide bonds. The van der Waals surface area contributed by atoms with Gasteiger partial charge in [0.25, 0.3) is 0 Å². The fraction of sp³-hybridized carbons (Fsp3) is 0.400. The van der Waals surface area contributed by atoms with Crippen molar-refractivity contribution in [3.63, 3.8) is 0 Å². The number of ether oxygens (including phenoxy) is 2. The van der Waals surface area contributed by atoms with Crippen molar-refractivity contribution in [3.8, 4) is 11.1 Å². The highest BCUT2D eigenvalue weighted by atomic mass is 16.7. The van der Waals surface area contributed by atoms with Crippen LogP contribution in [0.15, 0.2) is 48.5 Å². The molecule has 9 nitrogen and oxygen atoms in total. The van der Waals surface area contributed by atoms with Crippen molar-refractivity contribution in [3.05, 3.63) is 59.7 Å². The molecule has 2 aromatic carbocycles. The molecule has 0 aliphatic heterocycles. The Hall–Kier alpha value is -3.43. The zero-order chi connectivity index (χ0) is 24.1. The third-order valence-electron chi connectivity index (χ3n) is 6.39. The SMILES string of the molecule is COCC(ONC(=O)C1CCCC1NC(=O)OCC1c2ccccc2-c2ccccc21)C(=O)O. The van der Waals surface area contributed by atoms with Gasteiger partial charge < -0.3 is 19.9 Å². The minimum Gasteiger partial charge on any atom is -0.479 e. The molecule has 34 heavy (non-hydrogen) atoms. The molecule has 0 bridgehead atoms. The van der Waals surface area contributed by atoms with Crippen molar-refractivity contribution in [1.29, 1.82) is 0 Å². The first kappa shape index (κ1) is 23.7. The highest BCUT2D eigenvalue weighted by Crippen LogP contribution is 2.44. The summed E-state index contributed by atoms with van der Waals surface area (Å²) in [7, 11) is 1.34. The number of carbonyl (C=O) groups excluding carboxylic acids is 2. The minimum atomic E-state index is -1.32. The standard InChI is InChI=1S/C25H28N2O7/c1-32-14-22(24(29)30)34-27-23(28)19-11-6-12-21(19)26-25(31)33-13-20-17-9-4-2-7-15(17)16-8-3-5-10-18(16)20/h2-5,7-10,19-22H,6,11-14H2,1H3,(H,26,31)(H,27,28)(H,29,30). The first-order valence-corrected chi connectivity index (χ1v) is 11.3. The number of carboxylic acid groups (broad SMARTS) is 1. The molecular weight excluding hydrogens is 440 g/mol. The Morgan fingerprint density at radius 3 is 2.29 bits per heavy atom. The predicted molar refractivity (Wildman–Crippen MR) is 122 cm³/mol. The topological polar surface area (TPSA) is 123 Å². The Morgan fingerprint density at radius 1 is 1.03 bits per heavy atom. The van der Waals surface area contributed by atoms with E-state index in [4.69, 9.17) is 19.4 Å². The van der Waals surface area contributed by atoms with Crippen LogP contribution in [-0.4, -0.2) is 55.5 Å². The molecule has 3 N–H and O–H groups in total. The van der Waals surface area contributed by atoms with Gasteiger partial charge in [0.05, 0.1) is 12.5 Å². The smallest absolute Gasteiger partial charge is 0.407 e. The fourth-order valence-electron chi connectivity index (χ4n) is 4.75. The number of rotatable bonds is 9. The van der Waals surface area contributed by atoms with Crippen molar-refractivity contribution in [2.45, 2.75) is 37.3 Å². The zero-order valence-electron chi connectivity index (χ0n) is 18.9. The summed E-state index contributed by atoms with van der Waals surface area (Å²) in [5.41, 5.74) is 6.74. The van der Waals surface area contributed by atoms with Gasteiger partial charge in [-0.05, 0) is 35.1 Å². The summed E-state index contributed by atoms with van der Waals surface area (Å²) in [6, 6.07) is 15.7. The summed E-state index contributed by atoms with van der Waals surface area (Å²) >= 11 is 0. The van der Waals surface area contributed by atoms with E-state index < -0.39 is 36.0 Å². The molecule has 0 spiro atoms. The van der Waals surface area contributed by atoms with Crippen LogP contribution in [0, 0.1) is 5.92 Å². The van der Waals surface area contributed by atoms with Gasteiger partial charge in [-0.15, -0.1) is 0 Å². The molecule has 2 aromatic rings. The molecule has 180 valence electrons. The lowest BCUT2D eigenvalue weighted by Crippen LogP contribution is -2.46. The van der Waals surface area contributed by atoms with Gasteiger partial charge in [0.1, 0.15) is 6.61 Å². The lowest BCUT2D eigenvalue weighted by atomic mass is 9.98. The Labute approximate surface area is 197 Å². The summed E-state index contributed by atoms with van der Waals surface area (Å²) in [6.07, 6.45) is 0.000306. The second kappa shape index (κ2) is 10.7. The van der Waals surface area contributed by atoms with Crippen LogP contribution in [0.5, 0.6) is 0 Å². The average Bonchev–Trinajstić information content (AvgIpc) is 3.42. The first-order chi connectivity index (χ1) is 16.5. The van der Waals surface area contributed by atoms with E-state index in [0.29, 0.717) is 12.8 Å². The minimum absolute atomic E-state index is 0.0528. The second-order valence-electron chi connectivity index (χ2n) is 8.48. The summed E-state index contributed by atoms with van der Waals surface area (Å²) in [5, 5.41) is 11.9. The number of amides is 2. The monoisotopic (exact) mass is 468 g/mol. The summed E-state index contributed by atoms with van der Waals surface area (Å²) in [6.45, 7) is -0.0223. The fourth-order valence-corrected chi connectivity index (χ4v) is 4.75. The van der Waals surface area contributed by atoms with E-state index >= 15 is 0 Å². The second-order valence-corrected chi connectivity index (χ2v) is 8.48. The normalized spacial score (nSPS) is 19.7. The van der Waals surface area contributed by atoms with Gasteiger partial charge in [-0.3, -0.25) is 9.63 Å². The van der Waals surface area contributed by atoms with Gasteiger partial charge in [0.15, 0.2) is 0 Å². The Bertz CT molecular complexity index is 1010. The lowest BCUT2D eigenvalue weighted by Gasteiger charge is -2.22. The van der Waals surface area contributed by atoms with E-state index in [1.165, 1.54) is 7.11 Å². The molecule has 0 saturated heterocycles. The molecule has 0 aromatic heterocycles. The van der Waals surface area contributed by atoms with Crippen LogP contribution in [0.4, 0.5) is 4.79 Å². The Balaban J connectivity index is 1.32. The maximum absolute atomic E-state index is 12.6. The lowest BCUT2D eigenvalue weighted by molar-refractivity contribution is -0.166. The molecule has 3 unspecified atom stereocenters. The van der Waals surface area contributed by atoms with Gasteiger partial charge in [-0.1, -0.05) is 55.0 Å². The third-order valence-corrected chi connectivity index (χ3v) is 6.39. The van der Waals surface area contributed by atoms with Gasteiger partial charge >= 0.3 is 12.1 Å². The predicted octanol–water partition coefficient (Wildman–Crippen LogP) is 2.84. The van der Waals surface area contributed by atoms with Crippen LogP contribution in [0.25, 0.3) is 11.1 Å². The molecule has 0 radical (unpaired) electrons. The van der Waals surface area contributed by atoms with Crippen LogP contribution in [0.1, 0.15) is 36.3 Å². The molecule has 4 rings (SSSR count). The number of hydrogen-bond acceptors (Lipinski definition) is 6. The van der Waals surface area contributed by atoms with Crippen molar-refractivity contribution >= 4 is 18.0 Å². The number of aliphatic carboxylic acids is 1. The van der Waals surface area contributed by atoms with Crippen LogP contribution in [0.2, 0.25) is 0 Å². The van der Waals surface area contributed by atoms with Crippen molar-refractivity contribution < 1.29 is 33.8 Å². The van der Waals surface area contributed by atoms with E-state index in [1.54, 1.807) is 0 Å². The largest absolute Gasteiger partial charge is 0.479 e. The zero-order valence-corrected chi connectivity index (χ0v) is 18.9. The number of methoxy groups -OCH3 is 1. The summed E-state index contributed by atoms with van der Waals surface area (Å²) in [4.78, 5) is 41.3. The molecular formula is C25H28N2O7. The van der Waals surface area contributed by atoms with Gasteiger partial charge in [-0.25, -0.2) is 15.1 Å². The maximum atomic E-state index is 12.6. The average molecular weight is 469 g/mol. The molecule has 1 fully saturated rings. The number of carboxylic acids is 1. The number of fused-ring (bicyclic) bond motifs is 3. The Kier molecular flexibility index (Phi) is 7.44. The third kappa shape index (κ3) is 5.05. The van der Waals surface area contributed by atoms with Gasteiger partial charge in [0, 0.05) is 19.1 Å². The summed E-state index contributed by atoms with van der Waals surface area (Å²) < 4.78 is 10.4. The molecule has 2 aliphatic carbocycles. The highest BCUT2D eigenvalue weighted by molar-refractivity contribution is 5.81. The van der Waals surface area contributed by atoms with Gasteiger partial charge in [0.2, 0.25) is 12.0 Å². The molecule has 3 atom stereocenters. The molecule has 2 aliphatic rings. The van der Waals surface area contributed by atoms with Gasteiger partial charge in [-0.2, -0.15) is 0 Å². The van der Waals surface area contributed by atoms with E-state index in [1.807, 2.05) is 36.4 Å². The van der Waals surface area contributed by atoms with Crippen molar-refractivity contribution in [1.82, 2.24) is 10.8 Å². The number of hydrogen-bond donors (Lipinski definition) is 3. The van der Waals surface area contributed by atoms with Crippen LogP contribution in [-0.2, 0) is 23.9 Å². The van der Waals surface area contributed by atoms with Crippen molar-refractivity contribution in [2.75, 3.05) is 20.3 Å². The first-order valence-electron chi connectivity index (χ1n) is 11.3. The number of carbonyl (C=O) groups is 3. The van der Waals surface area contributed by atoms with Crippen LogP contribution in [0.3, 0.4) is 0 Å². The number of alkyl carbamates (subject to hydrolysis) is 1. The van der Waals surface area contributed by atoms with E-state index in [2.05, 4.69) is 22.9 Å². The van der Waals surface area contributed by atoms with E-state index in [0.717, 1.165) is 28.7 Å². The Morgan fingerprint density at radius 2 is 1.68 bits per heavy atom. The van der Waals surface area contributed by atoms with Crippen LogP contribution >= 0.6 is 0 Å². The van der Waals surface area contributed by atoms with E-state index in [9.17, 15) is 14.4 Å². The molecule has 9 heteroatoms. The quantitative estimate of drug-likeness (QED) is 0.484. The van der Waals surface area contributed by atoms with E-state index in [-0.39, 0.29) is 19.1 Å². The van der Waals surface area contributed by atoms with Crippen LogP contribution < -0.4 is 10.8 Å². The molecule has 0 heterocycles. The maximum Gasteiger partial charge on any atom is 0.407 e.